The van der Waals surface area contributed by atoms with Crippen LogP contribution >= 0.6 is 0 Å². The van der Waals surface area contributed by atoms with Crippen molar-refractivity contribution < 1.29 is 0 Å². The van der Waals surface area contributed by atoms with Crippen molar-refractivity contribution in [2.75, 3.05) is 0 Å². The van der Waals surface area contributed by atoms with Gasteiger partial charge in [-0.2, -0.15) is 5.26 Å². The van der Waals surface area contributed by atoms with E-state index < -0.39 is 0 Å². The van der Waals surface area contributed by atoms with Crippen molar-refractivity contribution in [3.8, 4) is 6.07 Å². The van der Waals surface area contributed by atoms with Gasteiger partial charge in [-0.05, 0) is 55.3 Å². The normalized spacial score (nSPS) is 36.6. The van der Waals surface area contributed by atoms with Crippen molar-refractivity contribution >= 4 is 0 Å². The van der Waals surface area contributed by atoms with Crippen LogP contribution < -0.4 is 0 Å². The average Bonchev–Trinajstić information content (AvgIpc) is 2.90. The molecular formula is C15H23N. The van der Waals surface area contributed by atoms with Crippen molar-refractivity contribution in [2.24, 2.45) is 23.2 Å². The second-order valence-corrected chi connectivity index (χ2v) is 5.90. The monoisotopic (exact) mass is 217 g/mol. The van der Waals surface area contributed by atoms with Crippen LogP contribution in [0.25, 0.3) is 0 Å². The minimum absolute atomic E-state index is 0.667. The van der Waals surface area contributed by atoms with Crippen molar-refractivity contribution in [3.05, 3.63) is 12.2 Å². The molecule has 2 aliphatic carbocycles. The predicted octanol–water partition coefficient (Wildman–Crippen LogP) is 4.31. The quantitative estimate of drug-likeness (QED) is 0.497. The van der Waals surface area contributed by atoms with Crippen molar-refractivity contribution in [2.45, 2.75) is 52.4 Å². The summed E-state index contributed by atoms with van der Waals surface area (Å²) in [6.07, 6.45) is 11.8. The van der Waals surface area contributed by atoms with E-state index in [2.05, 4.69) is 32.1 Å². The number of nitrogens with zero attached hydrogens (tertiary/aromatic N) is 1. The van der Waals surface area contributed by atoms with Gasteiger partial charge in [-0.25, -0.2) is 0 Å². The third kappa shape index (κ3) is 2.03. The van der Waals surface area contributed by atoms with E-state index in [1.165, 1.54) is 25.7 Å². The molecular weight excluding hydrogens is 194 g/mol. The second kappa shape index (κ2) is 4.62. The summed E-state index contributed by atoms with van der Waals surface area (Å²) in [6.45, 7) is 4.79. The van der Waals surface area contributed by atoms with E-state index in [4.69, 9.17) is 5.26 Å². The molecule has 0 radical (unpaired) electrons. The summed E-state index contributed by atoms with van der Waals surface area (Å²) < 4.78 is 0. The number of hydrogen-bond acceptors (Lipinski definition) is 1. The predicted molar refractivity (Wildman–Crippen MR) is 66.7 cm³/mol. The Morgan fingerprint density at radius 3 is 2.81 bits per heavy atom. The minimum Gasteiger partial charge on any atom is -0.198 e. The molecule has 88 valence electrons. The molecule has 0 saturated heterocycles. The third-order valence-corrected chi connectivity index (χ3v) is 4.91. The Bertz CT molecular complexity index is 310. The Balaban J connectivity index is 1.74. The number of nitriles is 1. The fourth-order valence-corrected chi connectivity index (χ4v) is 3.70. The van der Waals surface area contributed by atoms with E-state index in [-0.39, 0.29) is 0 Å². The SMILES string of the molecule is CC(C)C12CCC(CC=CCCC#N)C1C2. The molecule has 3 unspecified atom stereocenters. The summed E-state index contributed by atoms with van der Waals surface area (Å²) in [7, 11) is 0. The zero-order valence-electron chi connectivity index (χ0n) is 10.6. The molecule has 3 atom stereocenters. The van der Waals surface area contributed by atoms with Crippen LogP contribution in [0.15, 0.2) is 12.2 Å². The average molecular weight is 217 g/mol. The Morgan fingerprint density at radius 1 is 1.44 bits per heavy atom. The number of fused-ring (bicyclic) bond motifs is 1. The lowest BCUT2D eigenvalue weighted by molar-refractivity contribution is 0.341. The van der Waals surface area contributed by atoms with Crippen molar-refractivity contribution in [3.63, 3.8) is 0 Å². The largest absolute Gasteiger partial charge is 0.198 e. The first-order chi connectivity index (χ1) is 7.70. The van der Waals surface area contributed by atoms with E-state index in [0.717, 1.165) is 29.6 Å². The Hall–Kier alpha value is -0.770. The van der Waals surface area contributed by atoms with Gasteiger partial charge in [-0.15, -0.1) is 0 Å². The number of unbranched alkanes of at least 4 members (excludes halogenated alkanes) is 1. The number of allylic oxidation sites excluding steroid dienone is 2. The summed E-state index contributed by atoms with van der Waals surface area (Å²) in [6, 6.07) is 2.18. The van der Waals surface area contributed by atoms with Gasteiger partial charge < -0.3 is 0 Å². The van der Waals surface area contributed by atoms with Gasteiger partial charge in [0.05, 0.1) is 6.07 Å². The highest BCUT2D eigenvalue weighted by Crippen LogP contribution is 2.70. The molecule has 2 saturated carbocycles. The molecule has 0 bridgehead atoms. The van der Waals surface area contributed by atoms with Crippen LogP contribution in [0.4, 0.5) is 0 Å². The first-order valence-electron chi connectivity index (χ1n) is 6.72. The highest BCUT2D eigenvalue weighted by atomic mass is 14.7. The van der Waals surface area contributed by atoms with E-state index in [1.54, 1.807) is 0 Å². The Labute approximate surface area is 99.5 Å². The van der Waals surface area contributed by atoms with E-state index in [1.807, 2.05) is 0 Å². The first kappa shape index (κ1) is 11.7. The molecule has 0 aromatic carbocycles. The van der Waals surface area contributed by atoms with Gasteiger partial charge in [0.2, 0.25) is 0 Å². The lowest BCUT2D eigenvalue weighted by Gasteiger charge is -2.15. The van der Waals surface area contributed by atoms with Crippen LogP contribution in [0.1, 0.15) is 52.4 Å². The fourth-order valence-electron chi connectivity index (χ4n) is 3.70. The zero-order valence-corrected chi connectivity index (χ0v) is 10.6. The van der Waals surface area contributed by atoms with Crippen LogP contribution in [-0.2, 0) is 0 Å². The summed E-state index contributed by atoms with van der Waals surface area (Å²) in [5, 5.41) is 8.44. The lowest BCUT2D eigenvalue weighted by Crippen LogP contribution is -2.07. The van der Waals surface area contributed by atoms with Crippen LogP contribution in [0, 0.1) is 34.5 Å². The molecule has 0 aromatic heterocycles. The smallest absolute Gasteiger partial charge is 0.0624 e. The van der Waals surface area contributed by atoms with Gasteiger partial charge in [0.25, 0.3) is 0 Å². The van der Waals surface area contributed by atoms with Gasteiger partial charge in [0, 0.05) is 6.42 Å². The van der Waals surface area contributed by atoms with Crippen molar-refractivity contribution in [1.82, 2.24) is 0 Å². The molecule has 2 aliphatic rings. The van der Waals surface area contributed by atoms with Crippen LogP contribution in [0.5, 0.6) is 0 Å². The van der Waals surface area contributed by atoms with Gasteiger partial charge >= 0.3 is 0 Å². The number of rotatable bonds is 5. The Morgan fingerprint density at radius 2 is 2.25 bits per heavy atom. The van der Waals surface area contributed by atoms with Gasteiger partial charge in [0.1, 0.15) is 0 Å². The second-order valence-electron chi connectivity index (χ2n) is 5.90. The number of hydrogen-bond donors (Lipinski definition) is 0. The van der Waals surface area contributed by atoms with Crippen molar-refractivity contribution in [1.29, 1.82) is 5.26 Å². The Kier molecular flexibility index (Phi) is 3.38. The lowest BCUT2D eigenvalue weighted by atomic mass is 9.90. The van der Waals surface area contributed by atoms with E-state index >= 15 is 0 Å². The fraction of sp³-hybridized carbons (Fsp3) is 0.800. The molecule has 16 heavy (non-hydrogen) atoms. The third-order valence-electron chi connectivity index (χ3n) is 4.91. The molecule has 0 spiro atoms. The van der Waals surface area contributed by atoms with Crippen LogP contribution in [0.2, 0.25) is 0 Å². The molecule has 2 rings (SSSR count). The first-order valence-corrected chi connectivity index (χ1v) is 6.72. The highest BCUT2D eigenvalue weighted by Gasteiger charge is 2.61. The summed E-state index contributed by atoms with van der Waals surface area (Å²) in [5.41, 5.74) is 0.741. The van der Waals surface area contributed by atoms with Crippen LogP contribution in [0.3, 0.4) is 0 Å². The molecule has 0 N–H and O–H groups in total. The summed E-state index contributed by atoms with van der Waals surface area (Å²) >= 11 is 0. The molecule has 0 amide bonds. The topological polar surface area (TPSA) is 23.8 Å². The van der Waals surface area contributed by atoms with Gasteiger partial charge in [-0.3, -0.25) is 0 Å². The maximum absolute atomic E-state index is 8.44. The minimum atomic E-state index is 0.667. The molecule has 1 nitrogen and oxygen atoms in total. The van der Waals surface area contributed by atoms with Crippen LogP contribution in [-0.4, -0.2) is 0 Å². The molecule has 0 aromatic rings. The van der Waals surface area contributed by atoms with Gasteiger partial charge in [0.15, 0.2) is 0 Å². The summed E-state index contributed by atoms with van der Waals surface area (Å²) in [4.78, 5) is 0. The maximum Gasteiger partial charge on any atom is 0.0624 e. The molecule has 0 aliphatic heterocycles. The zero-order chi connectivity index (χ0) is 11.6. The summed E-state index contributed by atoms with van der Waals surface area (Å²) in [5.74, 6) is 2.85. The van der Waals surface area contributed by atoms with E-state index in [0.29, 0.717) is 6.42 Å². The molecule has 1 heteroatoms. The molecule has 2 fully saturated rings. The van der Waals surface area contributed by atoms with Gasteiger partial charge in [-0.1, -0.05) is 26.0 Å². The molecule has 0 heterocycles. The highest BCUT2D eigenvalue weighted by molar-refractivity contribution is 5.12. The van der Waals surface area contributed by atoms with E-state index in [9.17, 15) is 0 Å². The maximum atomic E-state index is 8.44. The standard InChI is InChI=1S/C15H23N/c1-12(2)15-9-8-13(14(15)11-15)7-5-3-4-6-10-16/h3,5,12-14H,4,6-9,11H2,1-2H3.